The number of hydrogen-bond donors (Lipinski definition) is 2. The van der Waals surface area contributed by atoms with Crippen molar-refractivity contribution in [1.29, 1.82) is 0 Å². The SMILES string of the molecule is O=C(NCc1cccc(CN2CCOCC2)c1)C1CCCCN1. The molecule has 5 heteroatoms. The number of hydrogen-bond acceptors (Lipinski definition) is 4. The van der Waals surface area contributed by atoms with Gasteiger partial charge in [0.1, 0.15) is 0 Å². The molecule has 2 heterocycles. The molecule has 1 aromatic carbocycles. The lowest BCUT2D eigenvalue weighted by Gasteiger charge is -2.26. The summed E-state index contributed by atoms with van der Waals surface area (Å²) in [5, 5.41) is 6.35. The second-order valence-corrected chi connectivity index (χ2v) is 6.43. The lowest BCUT2D eigenvalue weighted by atomic mass is 10.0. The number of nitrogens with zero attached hydrogens (tertiary/aromatic N) is 1. The van der Waals surface area contributed by atoms with Gasteiger partial charge in [-0.05, 0) is 30.5 Å². The van der Waals surface area contributed by atoms with Crippen molar-refractivity contribution in [3.05, 3.63) is 35.4 Å². The maximum absolute atomic E-state index is 12.2. The third-order valence-corrected chi connectivity index (χ3v) is 4.59. The summed E-state index contributed by atoms with van der Waals surface area (Å²) in [7, 11) is 0. The van der Waals surface area contributed by atoms with E-state index in [1.165, 1.54) is 17.5 Å². The van der Waals surface area contributed by atoms with Crippen LogP contribution in [0.1, 0.15) is 30.4 Å². The van der Waals surface area contributed by atoms with Crippen molar-refractivity contribution in [2.45, 2.75) is 38.4 Å². The fourth-order valence-corrected chi connectivity index (χ4v) is 3.24. The minimum absolute atomic E-state index is 0.0136. The van der Waals surface area contributed by atoms with Gasteiger partial charge in [-0.2, -0.15) is 0 Å². The molecule has 1 amide bonds. The van der Waals surface area contributed by atoms with Crippen LogP contribution in [0.4, 0.5) is 0 Å². The fourth-order valence-electron chi connectivity index (χ4n) is 3.24. The predicted octanol–water partition coefficient (Wildman–Crippen LogP) is 1.28. The van der Waals surface area contributed by atoms with Gasteiger partial charge in [0.2, 0.25) is 5.91 Å². The number of ether oxygens (including phenoxy) is 1. The van der Waals surface area contributed by atoms with Gasteiger partial charge in [0.15, 0.2) is 0 Å². The molecule has 1 atom stereocenters. The van der Waals surface area contributed by atoms with E-state index in [1.807, 2.05) is 0 Å². The van der Waals surface area contributed by atoms with E-state index >= 15 is 0 Å². The van der Waals surface area contributed by atoms with E-state index in [2.05, 4.69) is 39.8 Å². The first kappa shape index (κ1) is 16.4. The van der Waals surface area contributed by atoms with Gasteiger partial charge in [0.25, 0.3) is 0 Å². The summed E-state index contributed by atoms with van der Waals surface area (Å²) >= 11 is 0. The van der Waals surface area contributed by atoms with Crippen molar-refractivity contribution in [1.82, 2.24) is 15.5 Å². The van der Waals surface area contributed by atoms with E-state index in [9.17, 15) is 4.79 Å². The normalized spacial score (nSPS) is 22.7. The summed E-state index contributed by atoms with van der Waals surface area (Å²) in [6, 6.07) is 8.50. The Kier molecular flexibility index (Phi) is 6.02. The summed E-state index contributed by atoms with van der Waals surface area (Å²) in [5.41, 5.74) is 2.47. The molecule has 0 aromatic heterocycles. The largest absolute Gasteiger partial charge is 0.379 e. The molecule has 1 aromatic rings. The molecule has 0 aliphatic carbocycles. The average molecular weight is 317 g/mol. The van der Waals surface area contributed by atoms with Crippen LogP contribution in [0.15, 0.2) is 24.3 Å². The van der Waals surface area contributed by atoms with E-state index in [1.54, 1.807) is 0 Å². The standard InChI is InChI=1S/C18H27N3O2/c22-18(17-6-1-2-7-19-17)20-13-15-4-3-5-16(12-15)14-21-8-10-23-11-9-21/h3-5,12,17,19H,1-2,6-11,13-14H2,(H,20,22). The summed E-state index contributed by atoms with van der Waals surface area (Å²) < 4.78 is 5.39. The Balaban J connectivity index is 1.49. The van der Waals surface area contributed by atoms with Gasteiger partial charge in [-0.25, -0.2) is 0 Å². The maximum Gasteiger partial charge on any atom is 0.237 e. The lowest BCUT2D eigenvalue weighted by molar-refractivity contribution is -0.123. The van der Waals surface area contributed by atoms with Crippen molar-refractivity contribution in [3.8, 4) is 0 Å². The van der Waals surface area contributed by atoms with Crippen LogP contribution in [0.5, 0.6) is 0 Å². The first-order valence-electron chi connectivity index (χ1n) is 8.70. The topological polar surface area (TPSA) is 53.6 Å². The summed E-state index contributed by atoms with van der Waals surface area (Å²) in [5.74, 6) is 0.128. The Morgan fingerprint density at radius 2 is 2.09 bits per heavy atom. The molecule has 0 radical (unpaired) electrons. The monoisotopic (exact) mass is 317 g/mol. The Morgan fingerprint density at radius 1 is 1.26 bits per heavy atom. The Labute approximate surface area is 138 Å². The zero-order valence-electron chi connectivity index (χ0n) is 13.7. The first-order valence-corrected chi connectivity index (χ1v) is 8.70. The number of amides is 1. The quantitative estimate of drug-likeness (QED) is 0.859. The number of piperidine rings is 1. The van der Waals surface area contributed by atoms with Gasteiger partial charge < -0.3 is 15.4 Å². The molecule has 2 fully saturated rings. The Bertz CT molecular complexity index is 509. The maximum atomic E-state index is 12.2. The Morgan fingerprint density at radius 3 is 2.87 bits per heavy atom. The first-order chi connectivity index (χ1) is 11.3. The highest BCUT2D eigenvalue weighted by molar-refractivity contribution is 5.81. The molecule has 1 unspecified atom stereocenters. The molecule has 2 aliphatic rings. The van der Waals surface area contributed by atoms with Crippen molar-refractivity contribution < 1.29 is 9.53 Å². The molecule has 3 rings (SSSR count). The smallest absolute Gasteiger partial charge is 0.237 e. The van der Waals surface area contributed by atoms with Crippen molar-refractivity contribution in [2.75, 3.05) is 32.8 Å². The van der Waals surface area contributed by atoms with E-state index in [-0.39, 0.29) is 11.9 Å². The van der Waals surface area contributed by atoms with Gasteiger partial charge in [0.05, 0.1) is 19.3 Å². The number of rotatable bonds is 5. The number of carbonyl (C=O) groups excluding carboxylic acids is 1. The summed E-state index contributed by atoms with van der Waals surface area (Å²) in [4.78, 5) is 14.6. The second kappa shape index (κ2) is 8.43. The molecule has 2 N–H and O–H groups in total. The van der Waals surface area contributed by atoms with Gasteiger partial charge in [-0.1, -0.05) is 30.7 Å². The van der Waals surface area contributed by atoms with Crippen molar-refractivity contribution in [3.63, 3.8) is 0 Å². The Hall–Kier alpha value is -1.43. The molecular weight excluding hydrogens is 290 g/mol. The molecular formula is C18H27N3O2. The average Bonchev–Trinajstić information content (AvgIpc) is 2.62. The van der Waals surface area contributed by atoms with Crippen LogP contribution < -0.4 is 10.6 Å². The second-order valence-electron chi connectivity index (χ2n) is 6.43. The van der Waals surface area contributed by atoms with Gasteiger partial charge >= 0.3 is 0 Å². The zero-order valence-corrected chi connectivity index (χ0v) is 13.7. The molecule has 23 heavy (non-hydrogen) atoms. The molecule has 0 bridgehead atoms. The van der Waals surface area contributed by atoms with E-state index < -0.39 is 0 Å². The predicted molar refractivity (Wildman–Crippen MR) is 90.0 cm³/mol. The molecule has 0 saturated carbocycles. The van der Waals surface area contributed by atoms with Crippen LogP contribution in [0.3, 0.4) is 0 Å². The van der Waals surface area contributed by atoms with E-state index in [0.717, 1.165) is 52.2 Å². The lowest BCUT2D eigenvalue weighted by Crippen LogP contribution is -2.46. The van der Waals surface area contributed by atoms with Crippen molar-refractivity contribution >= 4 is 5.91 Å². The van der Waals surface area contributed by atoms with Crippen LogP contribution in [0.25, 0.3) is 0 Å². The third-order valence-electron chi connectivity index (χ3n) is 4.59. The molecule has 126 valence electrons. The van der Waals surface area contributed by atoms with E-state index in [4.69, 9.17) is 4.74 Å². The van der Waals surface area contributed by atoms with Gasteiger partial charge in [-0.15, -0.1) is 0 Å². The van der Waals surface area contributed by atoms with Crippen LogP contribution in [0, 0.1) is 0 Å². The highest BCUT2D eigenvalue weighted by Crippen LogP contribution is 2.11. The number of benzene rings is 1. The van der Waals surface area contributed by atoms with E-state index in [0.29, 0.717) is 6.54 Å². The molecule has 5 nitrogen and oxygen atoms in total. The van der Waals surface area contributed by atoms with Crippen LogP contribution in [0.2, 0.25) is 0 Å². The van der Waals surface area contributed by atoms with Crippen LogP contribution in [-0.4, -0.2) is 49.7 Å². The number of carbonyl (C=O) groups is 1. The van der Waals surface area contributed by atoms with Crippen LogP contribution in [-0.2, 0) is 22.6 Å². The van der Waals surface area contributed by atoms with Gasteiger partial charge in [0, 0.05) is 26.2 Å². The fraction of sp³-hybridized carbons (Fsp3) is 0.611. The van der Waals surface area contributed by atoms with Gasteiger partial charge in [-0.3, -0.25) is 9.69 Å². The highest BCUT2D eigenvalue weighted by atomic mass is 16.5. The minimum Gasteiger partial charge on any atom is -0.379 e. The van der Waals surface area contributed by atoms with Crippen LogP contribution >= 0.6 is 0 Å². The third kappa shape index (κ3) is 5.03. The summed E-state index contributed by atoms with van der Waals surface area (Å²) in [6.07, 6.45) is 3.26. The molecule has 0 spiro atoms. The highest BCUT2D eigenvalue weighted by Gasteiger charge is 2.19. The molecule has 2 saturated heterocycles. The minimum atomic E-state index is -0.0136. The zero-order chi connectivity index (χ0) is 15.9. The van der Waals surface area contributed by atoms with Crippen molar-refractivity contribution in [2.24, 2.45) is 0 Å². The number of nitrogens with one attached hydrogen (secondary N) is 2. The summed E-state index contributed by atoms with van der Waals surface area (Å²) in [6.45, 7) is 6.15. The molecule has 2 aliphatic heterocycles. The number of morpholine rings is 1.